The van der Waals surface area contributed by atoms with Gasteiger partial charge in [0.1, 0.15) is 0 Å². The molecular formula is C56H39N. The van der Waals surface area contributed by atoms with Crippen LogP contribution in [0.4, 0.5) is 17.1 Å². The maximum absolute atomic E-state index is 2.39. The van der Waals surface area contributed by atoms with E-state index in [0.29, 0.717) is 0 Å². The number of nitrogens with zero attached hydrogens (tertiary/aromatic N) is 1. The van der Waals surface area contributed by atoms with Gasteiger partial charge < -0.3 is 4.90 Å². The van der Waals surface area contributed by atoms with Crippen LogP contribution < -0.4 is 4.90 Å². The Morgan fingerprint density at radius 1 is 0.228 bits per heavy atom. The highest BCUT2D eigenvalue weighted by molar-refractivity contribution is 6.01. The van der Waals surface area contributed by atoms with Crippen LogP contribution in [0.1, 0.15) is 0 Å². The first-order chi connectivity index (χ1) is 28.3. The number of fused-ring (bicyclic) bond motifs is 2. The summed E-state index contributed by atoms with van der Waals surface area (Å²) in [5.74, 6) is 0. The van der Waals surface area contributed by atoms with Gasteiger partial charge in [-0.3, -0.25) is 0 Å². The molecule has 10 aromatic carbocycles. The molecule has 0 N–H and O–H groups in total. The second-order valence-corrected chi connectivity index (χ2v) is 14.5. The molecule has 0 aromatic heterocycles. The summed E-state index contributed by atoms with van der Waals surface area (Å²) in [4.78, 5) is 2.39. The van der Waals surface area contributed by atoms with Crippen molar-refractivity contribution in [3.63, 3.8) is 0 Å². The molecule has 0 amide bonds. The fourth-order valence-corrected chi connectivity index (χ4v) is 8.35. The Labute approximate surface area is 334 Å². The van der Waals surface area contributed by atoms with Gasteiger partial charge in [-0.15, -0.1) is 0 Å². The Morgan fingerprint density at radius 2 is 0.702 bits per heavy atom. The minimum Gasteiger partial charge on any atom is -0.310 e. The van der Waals surface area contributed by atoms with Crippen LogP contribution in [0.25, 0.3) is 77.2 Å². The van der Waals surface area contributed by atoms with Crippen molar-refractivity contribution in [2.45, 2.75) is 0 Å². The molecule has 0 saturated carbocycles. The predicted molar refractivity (Wildman–Crippen MR) is 243 cm³/mol. The lowest BCUT2D eigenvalue weighted by Gasteiger charge is -2.27. The van der Waals surface area contributed by atoms with Gasteiger partial charge in [-0.25, -0.2) is 0 Å². The molecule has 0 bridgehead atoms. The Bertz CT molecular complexity index is 2990. The van der Waals surface area contributed by atoms with E-state index in [2.05, 4.69) is 241 Å². The van der Waals surface area contributed by atoms with Gasteiger partial charge in [0.05, 0.1) is 0 Å². The number of benzene rings is 10. The third kappa shape index (κ3) is 6.56. The normalized spacial score (nSPS) is 11.2. The van der Waals surface area contributed by atoms with Gasteiger partial charge in [-0.2, -0.15) is 0 Å². The van der Waals surface area contributed by atoms with Crippen molar-refractivity contribution in [1.29, 1.82) is 0 Å². The van der Waals surface area contributed by atoms with Crippen molar-refractivity contribution >= 4 is 38.6 Å². The highest BCUT2D eigenvalue weighted by atomic mass is 15.1. The Balaban J connectivity index is 1.13. The Morgan fingerprint density at radius 3 is 1.46 bits per heavy atom. The van der Waals surface area contributed by atoms with Crippen molar-refractivity contribution in [2.75, 3.05) is 4.90 Å². The van der Waals surface area contributed by atoms with E-state index in [1.54, 1.807) is 0 Å². The highest BCUT2D eigenvalue weighted by Crippen LogP contribution is 2.45. The van der Waals surface area contributed by atoms with Crippen molar-refractivity contribution in [2.24, 2.45) is 0 Å². The number of hydrogen-bond acceptors (Lipinski definition) is 1. The quantitative estimate of drug-likeness (QED) is 0.151. The monoisotopic (exact) mass is 725 g/mol. The van der Waals surface area contributed by atoms with Crippen LogP contribution in [-0.2, 0) is 0 Å². The molecule has 0 spiro atoms. The zero-order valence-electron chi connectivity index (χ0n) is 31.5. The molecule has 0 fully saturated rings. The molecule has 0 aliphatic heterocycles. The van der Waals surface area contributed by atoms with Crippen LogP contribution in [0.3, 0.4) is 0 Å². The first-order valence-corrected chi connectivity index (χ1v) is 19.6. The summed E-state index contributed by atoms with van der Waals surface area (Å²) in [6, 6.07) is 85.7. The predicted octanol–water partition coefficient (Wildman–Crippen LogP) is 15.8. The lowest BCUT2D eigenvalue weighted by Crippen LogP contribution is -2.10. The van der Waals surface area contributed by atoms with E-state index in [1.807, 2.05) is 0 Å². The Kier molecular flexibility index (Phi) is 8.95. The Hall–Kier alpha value is -7.48. The molecule has 0 aliphatic rings. The topological polar surface area (TPSA) is 3.24 Å². The molecule has 0 unspecified atom stereocenters. The minimum absolute atomic E-state index is 1.09. The van der Waals surface area contributed by atoms with Crippen molar-refractivity contribution in [1.82, 2.24) is 0 Å². The average Bonchev–Trinajstić information content (AvgIpc) is 3.29. The van der Waals surface area contributed by atoms with Crippen LogP contribution in [0.15, 0.2) is 237 Å². The molecule has 0 atom stereocenters. The van der Waals surface area contributed by atoms with Crippen LogP contribution in [0.5, 0.6) is 0 Å². The van der Waals surface area contributed by atoms with Crippen molar-refractivity contribution < 1.29 is 0 Å². The summed E-state index contributed by atoms with van der Waals surface area (Å²) in [5.41, 5.74) is 15.3. The van der Waals surface area contributed by atoms with Gasteiger partial charge >= 0.3 is 0 Å². The van der Waals surface area contributed by atoms with Crippen LogP contribution >= 0.6 is 0 Å². The first-order valence-electron chi connectivity index (χ1n) is 19.6. The van der Waals surface area contributed by atoms with Crippen LogP contribution in [-0.4, -0.2) is 0 Å². The van der Waals surface area contributed by atoms with Gasteiger partial charge in [0.2, 0.25) is 0 Å². The van der Waals surface area contributed by atoms with E-state index in [9.17, 15) is 0 Å². The number of rotatable bonds is 8. The summed E-state index contributed by atoms with van der Waals surface area (Å²) < 4.78 is 0. The second kappa shape index (κ2) is 15.0. The standard InChI is InChI=1S/C56H39N/c1-3-17-41(18-4-1)51-27-11-12-28-55(51)56-53(43-19-5-2-6-20-43)30-15-31-54(56)44-33-35-47(36-34-44)57(49-37-32-40-16-7-8-22-45(40)38-49)48-25-13-24-46(39-48)52-29-14-23-42-21-9-10-26-50(42)52/h1-39H. The maximum Gasteiger partial charge on any atom is 0.0468 e. The minimum atomic E-state index is 1.09. The lowest BCUT2D eigenvalue weighted by atomic mass is 9.84. The smallest absolute Gasteiger partial charge is 0.0468 e. The van der Waals surface area contributed by atoms with Gasteiger partial charge in [0.15, 0.2) is 0 Å². The lowest BCUT2D eigenvalue weighted by molar-refractivity contribution is 1.29. The van der Waals surface area contributed by atoms with Gasteiger partial charge in [0.25, 0.3) is 0 Å². The van der Waals surface area contributed by atoms with E-state index in [-0.39, 0.29) is 0 Å². The average molecular weight is 726 g/mol. The molecule has 0 aliphatic carbocycles. The third-order valence-electron chi connectivity index (χ3n) is 11.1. The molecule has 0 heterocycles. The van der Waals surface area contributed by atoms with E-state index >= 15 is 0 Å². The molecule has 268 valence electrons. The fourth-order valence-electron chi connectivity index (χ4n) is 8.35. The van der Waals surface area contributed by atoms with Gasteiger partial charge in [-0.1, -0.05) is 200 Å². The molecule has 57 heavy (non-hydrogen) atoms. The summed E-state index contributed by atoms with van der Waals surface area (Å²) >= 11 is 0. The van der Waals surface area contributed by atoms with Gasteiger partial charge in [-0.05, 0) is 114 Å². The second-order valence-electron chi connectivity index (χ2n) is 14.5. The molecule has 10 aromatic rings. The van der Waals surface area contributed by atoms with E-state index in [0.717, 1.165) is 22.6 Å². The van der Waals surface area contributed by atoms with Gasteiger partial charge in [0, 0.05) is 17.1 Å². The van der Waals surface area contributed by atoms with Crippen LogP contribution in [0, 0.1) is 0 Å². The SMILES string of the molecule is c1ccc(-c2ccccc2-c2c(-c3ccccc3)cccc2-c2ccc(N(c3cccc(-c4cccc5ccccc45)c3)c3ccc4ccccc4c3)cc2)cc1. The zero-order valence-corrected chi connectivity index (χ0v) is 31.5. The molecule has 10 rings (SSSR count). The van der Waals surface area contributed by atoms with E-state index in [4.69, 9.17) is 0 Å². The molecular weight excluding hydrogens is 687 g/mol. The number of hydrogen-bond donors (Lipinski definition) is 0. The largest absolute Gasteiger partial charge is 0.310 e. The first kappa shape index (κ1) is 34.0. The third-order valence-corrected chi connectivity index (χ3v) is 11.1. The zero-order chi connectivity index (χ0) is 38.0. The maximum atomic E-state index is 2.39. The van der Waals surface area contributed by atoms with E-state index in [1.165, 1.54) is 71.6 Å². The fraction of sp³-hybridized carbons (Fsp3) is 0. The molecule has 1 nitrogen and oxygen atoms in total. The molecule has 0 saturated heterocycles. The highest BCUT2D eigenvalue weighted by Gasteiger charge is 2.19. The molecule has 0 radical (unpaired) electrons. The summed E-state index contributed by atoms with van der Waals surface area (Å²) in [6.45, 7) is 0. The van der Waals surface area contributed by atoms with Crippen molar-refractivity contribution in [3.05, 3.63) is 237 Å². The van der Waals surface area contributed by atoms with E-state index < -0.39 is 0 Å². The van der Waals surface area contributed by atoms with Crippen molar-refractivity contribution in [3.8, 4) is 55.6 Å². The number of anilines is 3. The summed E-state index contributed by atoms with van der Waals surface area (Å²) in [6.07, 6.45) is 0. The summed E-state index contributed by atoms with van der Waals surface area (Å²) in [7, 11) is 0. The molecule has 1 heteroatoms. The summed E-state index contributed by atoms with van der Waals surface area (Å²) in [5, 5.41) is 4.93. The van der Waals surface area contributed by atoms with Crippen LogP contribution in [0.2, 0.25) is 0 Å².